The number of rotatable bonds is 4. The van der Waals surface area contributed by atoms with Gasteiger partial charge in [-0.15, -0.1) is 0 Å². The lowest BCUT2D eigenvalue weighted by Crippen LogP contribution is -2.44. The van der Waals surface area contributed by atoms with E-state index in [4.69, 9.17) is 0 Å². The van der Waals surface area contributed by atoms with Crippen LogP contribution in [0.1, 0.15) is 22.3 Å². The van der Waals surface area contributed by atoms with Crippen LogP contribution in [0.5, 0.6) is 0 Å². The molecule has 0 saturated carbocycles. The van der Waals surface area contributed by atoms with Crippen molar-refractivity contribution in [2.75, 3.05) is 39.8 Å². The van der Waals surface area contributed by atoms with E-state index in [-0.39, 0.29) is 18.1 Å². The Kier molecular flexibility index (Phi) is 6.29. The fraction of sp³-hybridized carbons (Fsp3) is 0.435. The Balaban J connectivity index is 1.37. The molecule has 1 fully saturated rings. The number of carbonyl (C=O) groups excluding carboxylic acids is 1. The van der Waals surface area contributed by atoms with Crippen molar-refractivity contribution in [3.8, 4) is 0 Å². The lowest BCUT2D eigenvalue weighted by molar-refractivity contribution is 0.148. The number of benzene rings is 2. The molecule has 1 saturated heterocycles. The summed E-state index contributed by atoms with van der Waals surface area (Å²) in [6.07, 6.45) is 0.528. The summed E-state index contributed by atoms with van der Waals surface area (Å²) >= 11 is 0. The van der Waals surface area contributed by atoms with E-state index in [0.29, 0.717) is 19.5 Å². The van der Waals surface area contributed by atoms with Gasteiger partial charge in [0.1, 0.15) is 0 Å². The summed E-state index contributed by atoms with van der Waals surface area (Å²) in [7, 11) is 2.14. The molecule has 0 radical (unpaired) electrons. The molecule has 0 spiro atoms. The molecule has 0 aliphatic carbocycles. The van der Waals surface area contributed by atoms with Crippen LogP contribution in [-0.4, -0.2) is 60.5 Å². The summed E-state index contributed by atoms with van der Waals surface area (Å²) < 4.78 is 27.7. The van der Waals surface area contributed by atoms with Crippen LogP contribution in [0.25, 0.3) is 0 Å². The van der Waals surface area contributed by atoms with Crippen molar-refractivity contribution in [1.82, 2.24) is 20.0 Å². The van der Waals surface area contributed by atoms with Crippen LogP contribution in [0.15, 0.2) is 36.4 Å². The molecule has 0 atom stereocenters. The van der Waals surface area contributed by atoms with Crippen molar-refractivity contribution >= 4 is 6.03 Å². The third-order valence-electron chi connectivity index (χ3n) is 6.12. The van der Waals surface area contributed by atoms with Crippen molar-refractivity contribution in [3.05, 3.63) is 70.3 Å². The second-order valence-corrected chi connectivity index (χ2v) is 8.18. The molecule has 7 heteroatoms. The largest absolute Gasteiger partial charge is 0.334 e. The summed E-state index contributed by atoms with van der Waals surface area (Å²) in [5.74, 6) is -1.71. The lowest BCUT2D eigenvalue weighted by Gasteiger charge is -2.33. The van der Waals surface area contributed by atoms with Gasteiger partial charge in [0, 0.05) is 51.4 Å². The maximum absolute atomic E-state index is 14.1. The first-order chi connectivity index (χ1) is 14.5. The first-order valence-corrected chi connectivity index (χ1v) is 10.5. The van der Waals surface area contributed by atoms with Crippen molar-refractivity contribution < 1.29 is 13.6 Å². The molecule has 2 aromatic carbocycles. The molecular formula is C23H28F2N4O. The van der Waals surface area contributed by atoms with Gasteiger partial charge in [0.05, 0.1) is 6.54 Å². The fourth-order valence-electron chi connectivity index (χ4n) is 4.15. The Morgan fingerprint density at radius 1 is 1.00 bits per heavy atom. The Morgan fingerprint density at radius 3 is 2.50 bits per heavy atom. The molecule has 4 rings (SSSR count). The predicted octanol–water partition coefficient (Wildman–Crippen LogP) is 2.98. The number of fused-ring (bicyclic) bond motifs is 1. The predicted molar refractivity (Wildman–Crippen MR) is 112 cm³/mol. The molecule has 5 nitrogen and oxygen atoms in total. The highest BCUT2D eigenvalue weighted by Crippen LogP contribution is 2.24. The zero-order valence-electron chi connectivity index (χ0n) is 17.3. The molecule has 2 amide bonds. The third kappa shape index (κ3) is 4.63. The van der Waals surface area contributed by atoms with Crippen LogP contribution in [0.4, 0.5) is 13.6 Å². The van der Waals surface area contributed by atoms with E-state index in [1.54, 1.807) is 11.0 Å². The molecule has 2 aliphatic rings. The minimum Gasteiger partial charge on any atom is -0.334 e. The maximum Gasteiger partial charge on any atom is 0.317 e. The van der Waals surface area contributed by atoms with E-state index in [0.717, 1.165) is 49.9 Å². The van der Waals surface area contributed by atoms with Crippen LogP contribution in [0.2, 0.25) is 0 Å². The van der Waals surface area contributed by atoms with Gasteiger partial charge in [0.15, 0.2) is 11.6 Å². The van der Waals surface area contributed by atoms with E-state index in [2.05, 4.69) is 28.2 Å². The number of nitrogens with one attached hydrogen (secondary N) is 1. The van der Waals surface area contributed by atoms with Gasteiger partial charge in [-0.2, -0.15) is 0 Å². The van der Waals surface area contributed by atoms with Crippen molar-refractivity contribution in [3.63, 3.8) is 0 Å². The molecule has 2 aliphatic heterocycles. The first-order valence-electron chi connectivity index (χ1n) is 10.5. The standard InChI is InChI=1S/C23H28F2N4O/c1-27-10-12-28(13-11-27)15-19-5-3-2-4-18(19)14-26-23(30)29-9-8-17-6-7-21(24)22(25)20(17)16-29/h2-7H,8-16H2,1H3,(H,26,30). The number of halogens is 2. The number of hydrogen-bond donors (Lipinski definition) is 1. The lowest BCUT2D eigenvalue weighted by atomic mass is 9.99. The second-order valence-electron chi connectivity index (χ2n) is 8.18. The molecule has 2 heterocycles. The Morgan fingerprint density at radius 2 is 1.73 bits per heavy atom. The highest BCUT2D eigenvalue weighted by atomic mass is 19.2. The number of hydrogen-bond acceptors (Lipinski definition) is 3. The van der Waals surface area contributed by atoms with Gasteiger partial charge in [-0.3, -0.25) is 4.90 Å². The van der Waals surface area contributed by atoms with Crippen molar-refractivity contribution in [2.45, 2.75) is 26.1 Å². The normalized spacial score (nSPS) is 17.6. The van der Waals surface area contributed by atoms with Gasteiger partial charge >= 0.3 is 6.03 Å². The monoisotopic (exact) mass is 414 g/mol. The fourth-order valence-corrected chi connectivity index (χ4v) is 4.15. The number of piperazine rings is 1. The summed E-state index contributed by atoms with van der Waals surface area (Å²) in [6, 6.07) is 10.7. The minimum atomic E-state index is -0.867. The molecule has 0 unspecified atom stereocenters. The highest BCUT2D eigenvalue weighted by molar-refractivity contribution is 5.74. The van der Waals surface area contributed by atoms with E-state index in [1.807, 2.05) is 18.2 Å². The summed E-state index contributed by atoms with van der Waals surface area (Å²) in [6.45, 7) is 6.05. The number of urea groups is 1. The van der Waals surface area contributed by atoms with Crippen molar-refractivity contribution in [1.29, 1.82) is 0 Å². The number of amides is 2. The Hall–Kier alpha value is -2.51. The Labute approximate surface area is 176 Å². The Bertz CT molecular complexity index is 912. The average Bonchev–Trinajstić information content (AvgIpc) is 2.77. The molecule has 160 valence electrons. The van der Waals surface area contributed by atoms with Crippen LogP contribution in [0.3, 0.4) is 0 Å². The van der Waals surface area contributed by atoms with Gasteiger partial charge in [-0.25, -0.2) is 13.6 Å². The van der Waals surface area contributed by atoms with E-state index in [9.17, 15) is 13.6 Å². The smallest absolute Gasteiger partial charge is 0.317 e. The number of likely N-dealkylation sites (N-methyl/N-ethyl adjacent to an activating group) is 1. The van der Waals surface area contributed by atoms with E-state index in [1.165, 1.54) is 5.56 Å². The van der Waals surface area contributed by atoms with Crippen LogP contribution in [-0.2, 0) is 26.1 Å². The number of nitrogens with zero attached hydrogens (tertiary/aromatic N) is 3. The third-order valence-corrected chi connectivity index (χ3v) is 6.12. The topological polar surface area (TPSA) is 38.8 Å². The van der Waals surface area contributed by atoms with Gasteiger partial charge in [0.25, 0.3) is 0 Å². The molecule has 0 aromatic heterocycles. The van der Waals surface area contributed by atoms with Gasteiger partial charge in [0.2, 0.25) is 0 Å². The average molecular weight is 415 g/mol. The van der Waals surface area contributed by atoms with Crippen LogP contribution < -0.4 is 5.32 Å². The summed E-state index contributed by atoms with van der Waals surface area (Å²) in [4.78, 5) is 19.0. The summed E-state index contributed by atoms with van der Waals surface area (Å²) in [5.41, 5.74) is 3.35. The zero-order chi connectivity index (χ0) is 21.1. The van der Waals surface area contributed by atoms with Crippen LogP contribution >= 0.6 is 0 Å². The van der Waals surface area contributed by atoms with Gasteiger partial charge in [-0.05, 0) is 36.2 Å². The maximum atomic E-state index is 14.1. The second kappa shape index (κ2) is 9.10. The van der Waals surface area contributed by atoms with Crippen molar-refractivity contribution in [2.24, 2.45) is 0 Å². The molecular weight excluding hydrogens is 386 g/mol. The minimum absolute atomic E-state index is 0.0910. The molecule has 30 heavy (non-hydrogen) atoms. The first kappa shape index (κ1) is 20.8. The van der Waals surface area contributed by atoms with E-state index < -0.39 is 11.6 Å². The van der Waals surface area contributed by atoms with Gasteiger partial charge in [-0.1, -0.05) is 30.3 Å². The molecule has 1 N–H and O–H groups in total. The molecule has 0 bridgehead atoms. The SMILES string of the molecule is CN1CCN(Cc2ccccc2CNC(=O)N2CCc3ccc(F)c(F)c3C2)CC1. The number of carbonyl (C=O) groups is 1. The summed E-state index contributed by atoms with van der Waals surface area (Å²) in [5, 5.41) is 2.96. The quantitative estimate of drug-likeness (QED) is 0.836. The van der Waals surface area contributed by atoms with Gasteiger partial charge < -0.3 is 15.1 Å². The zero-order valence-corrected chi connectivity index (χ0v) is 17.3. The highest BCUT2D eigenvalue weighted by Gasteiger charge is 2.25. The van der Waals surface area contributed by atoms with Crippen LogP contribution in [0, 0.1) is 11.6 Å². The molecule has 2 aromatic rings. The van der Waals surface area contributed by atoms with E-state index >= 15 is 0 Å².